The SMILES string of the molecule is CC(C)NC(N)=NCCc1nc(C(C)C)no1. The Morgan fingerprint density at radius 2 is 2.12 bits per heavy atom. The molecule has 0 aliphatic heterocycles. The summed E-state index contributed by atoms with van der Waals surface area (Å²) in [6.45, 7) is 8.62. The molecule has 0 amide bonds. The summed E-state index contributed by atoms with van der Waals surface area (Å²) in [4.78, 5) is 8.43. The minimum Gasteiger partial charge on any atom is -0.370 e. The lowest BCUT2D eigenvalue weighted by Gasteiger charge is -2.07. The summed E-state index contributed by atoms with van der Waals surface area (Å²) < 4.78 is 5.10. The molecule has 1 aromatic rings. The Balaban J connectivity index is 2.40. The van der Waals surface area contributed by atoms with Gasteiger partial charge in [0.2, 0.25) is 5.89 Å². The van der Waals surface area contributed by atoms with Gasteiger partial charge in [-0.05, 0) is 13.8 Å². The highest BCUT2D eigenvalue weighted by atomic mass is 16.5. The minimum atomic E-state index is 0.281. The van der Waals surface area contributed by atoms with Crippen LogP contribution in [0.25, 0.3) is 0 Å². The molecule has 6 heteroatoms. The number of nitrogens with one attached hydrogen (secondary N) is 1. The first kappa shape index (κ1) is 13.5. The second-order valence-electron chi connectivity index (χ2n) is 4.52. The monoisotopic (exact) mass is 239 g/mol. The van der Waals surface area contributed by atoms with E-state index in [4.69, 9.17) is 10.3 Å². The second kappa shape index (κ2) is 6.22. The zero-order valence-electron chi connectivity index (χ0n) is 10.9. The molecular formula is C11H21N5O. The Morgan fingerprint density at radius 1 is 1.41 bits per heavy atom. The van der Waals surface area contributed by atoms with Crippen molar-refractivity contribution >= 4 is 5.96 Å². The van der Waals surface area contributed by atoms with Crippen molar-refractivity contribution in [3.8, 4) is 0 Å². The van der Waals surface area contributed by atoms with E-state index in [-0.39, 0.29) is 12.0 Å². The summed E-state index contributed by atoms with van der Waals surface area (Å²) in [5, 5.41) is 6.89. The second-order valence-corrected chi connectivity index (χ2v) is 4.52. The first-order chi connectivity index (χ1) is 7.99. The van der Waals surface area contributed by atoms with Crippen LogP contribution in [0, 0.1) is 0 Å². The molecule has 0 saturated heterocycles. The van der Waals surface area contributed by atoms with Gasteiger partial charge < -0.3 is 15.6 Å². The number of guanidine groups is 1. The van der Waals surface area contributed by atoms with Gasteiger partial charge in [-0.15, -0.1) is 0 Å². The Hall–Kier alpha value is -1.59. The van der Waals surface area contributed by atoms with E-state index < -0.39 is 0 Å². The first-order valence-electron chi connectivity index (χ1n) is 5.88. The number of nitrogens with two attached hydrogens (primary N) is 1. The normalized spacial score (nSPS) is 12.5. The standard InChI is InChI=1S/C11H21N5O/c1-7(2)10-15-9(17-16-10)5-6-13-11(12)14-8(3)4/h7-8H,5-6H2,1-4H3,(H3,12,13,14). The van der Waals surface area contributed by atoms with E-state index in [1.807, 2.05) is 27.7 Å². The zero-order chi connectivity index (χ0) is 12.8. The van der Waals surface area contributed by atoms with Crippen LogP contribution >= 0.6 is 0 Å². The fourth-order valence-electron chi connectivity index (χ4n) is 1.22. The maximum atomic E-state index is 5.66. The number of hydrogen-bond acceptors (Lipinski definition) is 4. The van der Waals surface area contributed by atoms with Gasteiger partial charge in [-0.25, -0.2) is 0 Å². The molecule has 0 fully saturated rings. The molecule has 0 bridgehead atoms. The fraction of sp³-hybridized carbons (Fsp3) is 0.727. The van der Waals surface area contributed by atoms with E-state index in [9.17, 15) is 0 Å². The third-order valence-corrected chi connectivity index (χ3v) is 2.04. The van der Waals surface area contributed by atoms with Crippen LogP contribution in [0.3, 0.4) is 0 Å². The first-order valence-corrected chi connectivity index (χ1v) is 5.88. The van der Waals surface area contributed by atoms with Crippen LogP contribution in [-0.2, 0) is 6.42 Å². The summed E-state index contributed by atoms with van der Waals surface area (Å²) in [6, 6.07) is 0.287. The van der Waals surface area contributed by atoms with E-state index >= 15 is 0 Å². The highest BCUT2D eigenvalue weighted by molar-refractivity contribution is 5.78. The van der Waals surface area contributed by atoms with Crippen LogP contribution in [0.4, 0.5) is 0 Å². The number of nitrogens with zero attached hydrogens (tertiary/aromatic N) is 3. The van der Waals surface area contributed by atoms with Crippen LogP contribution in [0.1, 0.15) is 45.3 Å². The quantitative estimate of drug-likeness (QED) is 0.592. The number of aromatic nitrogens is 2. The molecule has 0 radical (unpaired) electrons. The van der Waals surface area contributed by atoms with Gasteiger partial charge in [0.15, 0.2) is 11.8 Å². The van der Waals surface area contributed by atoms with Crippen LogP contribution < -0.4 is 11.1 Å². The topological polar surface area (TPSA) is 89.3 Å². The van der Waals surface area contributed by atoms with Crippen molar-refractivity contribution in [2.75, 3.05) is 6.54 Å². The van der Waals surface area contributed by atoms with Crippen LogP contribution in [0.5, 0.6) is 0 Å². The van der Waals surface area contributed by atoms with E-state index in [2.05, 4.69) is 20.4 Å². The summed E-state index contributed by atoms with van der Waals surface area (Å²) in [6.07, 6.45) is 0.611. The molecule has 0 aromatic carbocycles. The molecule has 0 aliphatic carbocycles. The van der Waals surface area contributed by atoms with Gasteiger partial charge in [-0.2, -0.15) is 4.98 Å². The Labute approximate surface area is 102 Å². The van der Waals surface area contributed by atoms with Crippen molar-refractivity contribution in [2.24, 2.45) is 10.7 Å². The summed E-state index contributed by atoms with van der Waals surface area (Å²) in [7, 11) is 0. The average Bonchev–Trinajstić information content (AvgIpc) is 2.65. The molecule has 6 nitrogen and oxygen atoms in total. The van der Waals surface area contributed by atoms with Gasteiger partial charge in [0.05, 0.1) is 6.54 Å². The van der Waals surface area contributed by atoms with Gasteiger partial charge in [-0.3, -0.25) is 4.99 Å². The summed E-state index contributed by atoms with van der Waals surface area (Å²) >= 11 is 0. The minimum absolute atomic E-state index is 0.281. The molecule has 0 aliphatic rings. The molecule has 1 heterocycles. The summed E-state index contributed by atoms with van der Waals surface area (Å²) in [5.41, 5.74) is 5.66. The van der Waals surface area contributed by atoms with Crippen LogP contribution in [0.15, 0.2) is 9.52 Å². The maximum absolute atomic E-state index is 5.66. The highest BCUT2D eigenvalue weighted by Crippen LogP contribution is 2.09. The number of hydrogen-bond donors (Lipinski definition) is 2. The average molecular weight is 239 g/mol. The van der Waals surface area contributed by atoms with Crippen molar-refractivity contribution in [1.82, 2.24) is 15.5 Å². The van der Waals surface area contributed by atoms with Gasteiger partial charge in [0.1, 0.15) is 0 Å². The molecule has 1 aromatic heterocycles. The fourth-order valence-corrected chi connectivity index (χ4v) is 1.22. The van der Waals surface area contributed by atoms with Crippen molar-refractivity contribution < 1.29 is 4.52 Å². The third-order valence-electron chi connectivity index (χ3n) is 2.04. The smallest absolute Gasteiger partial charge is 0.228 e. The van der Waals surface area contributed by atoms with E-state index in [0.29, 0.717) is 24.8 Å². The summed E-state index contributed by atoms with van der Waals surface area (Å²) in [5.74, 6) is 2.07. The van der Waals surface area contributed by atoms with Gasteiger partial charge in [0, 0.05) is 18.4 Å². The number of aliphatic imine (C=N–C) groups is 1. The highest BCUT2D eigenvalue weighted by Gasteiger charge is 2.08. The Bertz CT molecular complexity index is 370. The molecule has 1 rings (SSSR count). The third kappa shape index (κ3) is 4.84. The lowest BCUT2D eigenvalue weighted by molar-refractivity contribution is 0.372. The zero-order valence-corrected chi connectivity index (χ0v) is 10.9. The van der Waals surface area contributed by atoms with Crippen LogP contribution in [-0.4, -0.2) is 28.7 Å². The molecule has 0 unspecified atom stereocenters. The largest absolute Gasteiger partial charge is 0.370 e. The molecule has 0 spiro atoms. The molecular weight excluding hydrogens is 218 g/mol. The Kier molecular flexibility index (Phi) is 4.93. The van der Waals surface area contributed by atoms with E-state index in [1.54, 1.807) is 0 Å². The van der Waals surface area contributed by atoms with Crippen molar-refractivity contribution in [1.29, 1.82) is 0 Å². The maximum Gasteiger partial charge on any atom is 0.228 e. The predicted molar refractivity (Wildman–Crippen MR) is 66.9 cm³/mol. The van der Waals surface area contributed by atoms with Gasteiger partial charge in [0.25, 0.3) is 0 Å². The molecule has 0 saturated carbocycles. The van der Waals surface area contributed by atoms with E-state index in [1.165, 1.54) is 0 Å². The van der Waals surface area contributed by atoms with Gasteiger partial charge >= 0.3 is 0 Å². The van der Waals surface area contributed by atoms with E-state index in [0.717, 1.165) is 5.82 Å². The van der Waals surface area contributed by atoms with Crippen LogP contribution in [0.2, 0.25) is 0 Å². The van der Waals surface area contributed by atoms with Gasteiger partial charge in [-0.1, -0.05) is 19.0 Å². The number of rotatable bonds is 5. The molecule has 0 atom stereocenters. The molecule has 3 N–H and O–H groups in total. The van der Waals surface area contributed by atoms with Crippen molar-refractivity contribution in [3.05, 3.63) is 11.7 Å². The van der Waals surface area contributed by atoms with Crippen molar-refractivity contribution in [2.45, 2.75) is 46.1 Å². The molecule has 96 valence electrons. The lowest BCUT2D eigenvalue weighted by Crippen LogP contribution is -2.36. The predicted octanol–water partition coefficient (Wildman–Crippen LogP) is 1.05. The Morgan fingerprint density at radius 3 is 2.65 bits per heavy atom. The van der Waals surface area contributed by atoms with Crippen molar-refractivity contribution in [3.63, 3.8) is 0 Å². The lowest BCUT2D eigenvalue weighted by atomic mass is 10.2. The molecule has 17 heavy (non-hydrogen) atoms.